The number of Topliss-reactive ketones (excluding diaryl/α,β-unsaturated/α-hetero) is 1. The summed E-state index contributed by atoms with van der Waals surface area (Å²) in [6, 6.07) is 9.02. The molecule has 26 heavy (non-hydrogen) atoms. The van der Waals surface area contributed by atoms with E-state index >= 15 is 0 Å². The van der Waals surface area contributed by atoms with Gasteiger partial charge in [-0.1, -0.05) is 44.2 Å². The molecule has 2 aromatic rings. The largest absolute Gasteiger partial charge is 0.462 e. The average molecular weight is 356 g/mol. The van der Waals surface area contributed by atoms with Crippen LogP contribution in [0.25, 0.3) is 11.1 Å². The summed E-state index contributed by atoms with van der Waals surface area (Å²) in [5.74, 6) is -1.71. The summed E-state index contributed by atoms with van der Waals surface area (Å²) in [5, 5.41) is 2.62. The first kappa shape index (κ1) is 19.4. The Kier molecular flexibility index (Phi) is 6.33. The van der Waals surface area contributed by atoms with Gasteiger partial charge in [0.2, 0.25) is 0 Å². The van der Waals surface area contributed by atoms with Crippen molar-refractivity contribution in [3.63, 3.8) is 0 Å². The molecule has 0 spiro atoms. The lowest BCUT2D eigenvalue weighted by atomic mass is 9.98. The van der Waals surface area contributed by atoms with Gasteiger partial charge in [-0.05, 0) is 25.3 Å². The number of hydrogen-bond donors (Lipinski definition) is 2. The SMILES string of the molecule is CCOC(=O)c1c(C)[nH]c(C(=O)C(=O)NCC(C)C)c1-c1ccccc1. The van der Waals surface area contributed by atoms with E-state index in [1.165, 1.54) is 0 Å². The van der Waals surface area contributed by atoms with Crippen LogP contribution in [0.4, 0.5) is 0 Å². The van der Waals surface area contributed by atoms with Crippen LogP contribution in [0.5, 0.6) is 0 Å². The van der Waals surface area contributed by atoms with E-state index in [0.29, 0.717) is 23.4 Å². The standard InChI is InChI=1S/C20H24N2O4/c1-5-26-20(25)15-13(4)22-17(16(15)14-9-7-6-8-10-14)18(23)19(24)21-11-12(2)3/h6-10,12,22H,5,11H2,1-4H3,(H,21,24). The minimum absolute atomic E-state index is 0.0954. The van der Waals surface area contributed by atoms with E-state index in [9.17, 15) is 14.4 Å². The molecule has 6 nitrogen and oxygen atoms in total. The summed E-state index contributed by atoms with van der Waals surface area (Å²) in [6.45, 7) is 7.90. The number of nitrogens with one attached hydrogen (secondary N) is 2. The van der Waals surface area contributed by atoms with Crippen molar-refractivity contribution in [3.05, 3.63) is 47.3 Å². The topological polar surface area (TPSA) is 88.3 Å². The first-order valence-electron chi connectivity index (χ1n) is 8.64. The number of ketones is 1. The number of hydrogen-bond acceptors (Lipinski definition) is 4. The molecule has 0 radical (unpaired) electrons. The van der Waals surface area contributed by atoms with E-state index in [1.54, 1.807) is 38.1 Å². The van der Waals surface area contributed by atoms with E-state index in [1.807, 2.05) is 19.9 Å². The maximum Gasteiger partial charge on any atom is 0.340 e. The average Bonchev–Trinajstić information content (AvgIpc) is 2.97. The Morgan fingerprint density at radius 3 is 2.38 bits per heavy atom. The molecule has 1 aromatic heterocycles. The molecule has 6 heteroatoms. The van der Waals surface area contributed by atoms with Gasteiger partial charge in [0, 0.05) is 17.8 Å². The summed E-state index contributed by atoms with van der Waals surface area (Å²) in [6.07, 6.45) is 0. The smallest absolute Gasteiger partial charge is 0.340 e. The van der Waals surface area contributed by atoms with Crippen molar-refractivity contribution in [3.8, 4) is 11.1 Å². The summed E-state index contributed by atoms with van der Waals surface area (Å²) in [7, 11) is 0. The molecule has 0 fully saturated rings. The van der Waals surface area contributed by atoms with Crippen LogP contribution in [0.3, 0.4) is 0 Å². The molecule has 1 amide bonds. The van der Waals surface area contributed by atoms with Gasteiger partial charge in [0.25, 0.3) is 11.7 Å². The molecule has 0 bridgehead atoms. The fourth-order valence-electron chi connectivity index (χ4n) is 2.64. The van der Waals surface area contributed by atoms with Crippen molar-refractivity contribution in [1.82, 2.24) is 10.3 Å². The highest BCUT2D eigenvalue weighted by molar-refractivity contribution is 6.43. The van der Waals surface area contributed by atoms with Crippen molar-refractivity contribution in [2.24, 2.45) is 5.92 Å². The minimum atomic E-state index is -0.705. The van der Waals surface area contributed by atoms with Crippen molar-refractivity contribution >= 4 is 17.7 Å². The van der Waals surface area contributed by atoms with Gasteiger partial charge in [-0.2, -0.15) is 0 Å². The fourth-order valence-corrected chi connectivity index (χ4v) is 2.64. The van der Waals surface area contributed by atoms with Gasteiger partial charge in [-0.3, -0.25) is 9.59 Å². The van der Waals surface area contributed by atoms with Gasteiger partial charge in [-0.25, -0.2) is 4.79 Å². The number of ether oxygens (including phenoxy) is 1. The number of carbonyl (C=O) groups is 3. The highest BCUT2D eigenvalue weighted by Crippen LogP contribution is 2.31. The van der Waals surface area contributed by atoms with Crippen molar-refractivity contribution < 1.29 is 19.1 Å². The van der Waals surface area contributed by atoms with Gasteiger partial charge >= 0.3 is 5.97 Å². The zero-order valence-corrected chi connectivity index (χ0v) is 15.5. The molecule has 1 heterocycles. The Bertz CT molecular complexity index is 807. The van der Waals surface area contributed by atoms with Crippen LogP contribution >= 0.6 is 0 Å². The highest BCUT2D eigenvalue weighted by Gasteiger charge is 2.29. The van der Waals surface area contributed by atoms with Gasteiger partial charge in [0.05, 0.1) is 12.2 Å². The Labute approximate surface area is 152 Å². The normalized spacial score (nSPS) is 10.7. The molecule has 0 aliphatic heterocycles. The first-order chi connectivity index (χ1) is 12.4. The van der Waals surface area contributed by atoms with Crippen molar-refractivity contribution in [2.45, 2.75) is 27.7 Å². The monoisotopic (exact) mass is 356 g/mol. The summed E-state index contributed by atoms with van der Waals surface area (Å²) >= 11 is 0. The number of aryl methyl sites for hydroxylation is 1. The Hall–Kier alpha value is -2.89. The third-order valence-electron chi connectivity index (χ3n) is 3.83. The van der Waals surface area contributed by atoms with Crippen molar-refractivity contribution in [1.29, 1.82) is 0 Å². The number of carbonyl (C=O) groups excluding carboxylic acids is 3. The van der Waals surface area contributed by atoms with Crippen LogP contribution in [0, 0.1) is 12.8 Å². The number of esters is 1. The summed E-state index contributed by atoms with van der Waals surface area (Å²) in [5.41, 5.74) is 1.92. The number of aromatic amines is 1. The first-order valence-corrected chi connectivity index (χ1v) is 8.64. The van der Waals surface area contributed by atoms with Crippen LogP contribution in [-0.4, -0.2) is 35.8 Å². The lowest BCUT2D eigenvalue weighted by Crippen LogP contribution is -2.34. The molecule has 138 valence electrons. The second-order valence-corrected chi connectivity index (χ2v) is 6.39. The lowest BCUT2D eigenvalue weighted by Gasteiger charge is -2.09. The highest BCUT2D eigenvalue weighted by atomic mass is 16.5. The maximum absolute atomic E-state index is 12.7. The van der Waals surface area contributed by atoms with Crippen LogP contribution in [0.2, 0.25) is 0 Å². The molecule has 2 rings (SSSR count). The molecule has 0 aliphatic carbocycles. The minimum Gasteiger partial charge on any atom is -0.462 e. The Morgan fingerprint density at radius 2 is 1.81 bits per heavy atom. The van der Waals surface area contributed by atoms with Gasteiger partial charge in [-0.15, -0.1) is 0 Å². The van der Waals surface area contributed by atoms with Crippen molar-refractivity contribution in [2.75, 3.05) is 13.2 Å². The molecule has 0 saturated carbocycles. The van der Waals surface area contributed by atoms with E-state index in [-0.39, 0.29) is 23.8 Å². The van der Waals surface area contributed by atoms with E-state index < -0.39 is 17.7 Å². The fraction of sp³-hybridized carbons (Fsp3) is 0.350. The molecular weight excluding hydrogens is 332 g/mol. The van der Waals surface area contributed by atoms with Gasteiger partial charge in [0.15, 0.2) is 0 Å². The number of rotatable bonds is 7. The summed E-state index contributed by atoms with van der Waals surface area (Å²) in [4.78, 5) is 40.3. The van der Waals surface area contributed by atoms with E-state index in [4.69, 9.17) is 4.74 Å². The van der Waals surface area contributed by atoms with Crippen LogP contribution in [-0.2, 0) is 9.53 Å². The second-order valence-electron chi connectivity index (χ2n) is 6.39. The van der Waals surface area contributed by atoms with Crippen LogP contribution < -0.4 is 5.32 Å². The Balaban J connectivity index is 2.53. The predicted molar refractivity (Wildman–Crippen MR) is 99.1 cm³/mol. The molecule has 0 atom stereocenters. The van der Waals surface area contributed by atoms with E-state index in [0.717, 1.165) is 0 Å². The second kappa shape index (κ2) is 8.47. The maximum atomic E-state index is 12.7. The predicted octanol–water partition coefficient (Wildman–Crippen LogP) is 3.12. The molecule has 1 aromatic carbocycles. The third-order valence-corrected chi connectivity index (χ3v) is 3.83. The van der Waals surface area contributed by atoms with Crippen LogP contribution in [0.15, 0.2) is 30.3 Å². The molecule has 2 N–H and O–H groups in total. The quantitative estimate of drug-likeness (QED) is 0.453. The molecular formula is C20H24N2O4. The number of benzene rings is 1. The Morgan fingerprint density at radius 1 is 1.15 bits per heavy atom. The third kappa shape index (κ3) is 4.20. The zero-order valence-electron chi connectivity index (χ0n) is 15.5. The molecule has 0 aliphatic rings. The number of aromatic nitrogens is 1. The molecule has 0 saturated heterocycles. The zero-order chi connectivity index (χ0) is 19.3. The number of H-pyrrole nitrogens is 1. The van der Waals surface area contributed by atoms with Gasteiger partial charge < -0.3 is 15.0 Å². The van der Waals surface area contributed by atoms with Gasteiger partial charge in [0.1, 0.15) is 5.69 Å². The molecule has 0 unspecified atom stereocenters. The summed E-state index contributed by atoms with van der Waals surface area (Å²) < 4.78 is 5.13. The van der Waals surface area contributed by atoms with E-state index in [2.05, 4.69) is 10.3 Å². The van der Waals surface area contributed by atoms with Crippen LogP contribution in [0.1, 0.15) is 47.3 Å². The lowest BCUT2D eigenvalue weighted by molar-refractivity contribution is -0.117. The number of amides is 1.